The van der Waals surface area contributed by atoms with Crippen molar-refractivity contribution in [2.24, 2.45) is 0 Å². The molecule has 1 aliphatic rings. The van der Waals surface area contributed by atoms with Crippen molar-refractivity contribution in [3.05, 3.63) is 53.9 Å². The molecule has 1 aliphatic heterocycles. The largest absolute Gasteiger partial charge is 0.324 e. The maximum atomic E-state index is 12.9. The van der Waals surface area contributed by atoms with E-state index >= 15 is 0 Å². The molecule has 2 aromatic heterocycles. The van der Waals surface area contributed by atoms with E-state index in [0.29, 0.717) is 17.1 Å². The van der Waals surface area contributed by atoms with Crippen LogP contribution in [0, 0.1) is 13.8 Å². The molecule has 0 unspecified atom stereocenters. The zero-order valence-corrected chi connectivity index (χ0v) is 14.9. The van der Waals surface area contributed by atoms with E-state index in [9.17, 15) is 9.59 Å². The molecule has 0 fully saturated rings. The number of hydrogen-bond donors (Lipinski definition) is 2. The molecule has 3 aromatic rings. The molecule has 4 rings (SSSR count). The van der Waals surface area contributed by atoms with Crippen molar-refractivity contribution < 1.29 is 9.59 Å². The van der Waals surface area contributed by atoms with Crippen molar-refractivity contribution in [1.29, 1.82) is 0 Å². The number of nitrogens with one attached hydrogen (secondary N) is 2. The van der Waals surface area contributed by atoms with Gasteiger partial charge in [0.2, 0.25) is 17.8 Å². The molecular weight excluding hydrogens is 344 g/mol. The Kier molecular flexibility index (Phi) is 4.15. The van der Waals surface area contributed by atoms with Gasteiger partial charge in [0, 0.05) is 23.6 Å². The average Bonchev–Trinajstić information content (AvgIpc) is 3.08. The second kappa shape index (κ2) is 6.64. The molecule has 0 spiro atoms. The van der Waals surface area contributed by atoms with Crippen LogP contribution in [0.15, 0.2) is 42.7 Å². The standard InChI is InChI=1S/C19H18N6O2/c1-11-5-6-14(12(2)8-11)21-18(27)15-9-16(26)22-19-23-17(24-25(15)19)13-4-3-7-20-10-13/h3-8,10,15H,9H2,1-2H3,(H,21,27)(H,22,23,24,26)/t15-/m0/s1. The summed E-state index contributed by atoms with van der Waals surface area (Å²) < 4.78 is 1.46. The second-order valence-electron chi connectivity index (χ2n) is 6.52. The summed E-state index contributed by atoms with van der Waals surface area (Å²) in [4.78, 5) is 33.3. The number of amides is 2. The number of nitrogens with zero attached hydrogens (tertiary/aromatic N) is 4. The highest BCUT2D eigenvalue weighted by atomic mass is 16.2. The third kappa shape index (κ3) is 3.29. The Hall–Kier alpha value is -3.55. The minimum absolute atomic E-state index is 0.000415. The second-order valence-corrected chi connectivity index (χ2v) is 6.52. The van der Waals surface area contributed by atoms with E-state index in [1.54, 1.807) is 18.5 Å². The van der Waals surface area contributed by atoms with E-state index in [2.05, 4.69) is 25.7 Å². The van der Waals surface area contributed by atoms with Gasteiger partial charge in [-0.05, 0) is 37.6 Å². The topological polar surface area (TPSA) is 102 Å². The molecule has 2 amide bonds. The summed E-state index contributed by atoms with van der Waals surface area (Å²) in [6, 6.07) is 8.60. The molecule has 8 heteroatoms. The van der Waals surface area contributed by atoms with Crippen LogP contribution in [0.4, 0.5) is 11.6 Å². The number of anilines is 2. The molecule has 8 nitrogen and oxygen atoms in total. The summed E-state index contributed by atoms with van der Waals surface area (Å²) in [6.45, 7) is 3.92. The Balaban J connectivity index is 1.65. The highest BCUT2D eigenvalue weighted by molar-refractivity contribution is 6.01. The third-order valence-electron chi connectivity index (χ3n) is 4.42. The highest BCUT2D eigenvalue weighted by Crippen LogP contribution is 2.27. The van der Waals surface area contributed by atoms with Crippen LogP contribution in [0.1, 0.15) is 23.6 Å². The van der Waals surface area contributed by atoms with E-state index < -0.39 is 6.04 Å². The van der Waals surface area contributed by atoms with Gasteiger partial charge in [0.15, 0.2) is 5.82 Å². The van der Waals surface area contributed by atoms with Crippen molar-refractivity contribution in [3.8, 4) is 11.4 Å². The van der Waals surface area contributed by atoms with Gasteiger partial charge in [0.05, 0.1) is 6.42 Å². The molecule has 0 saturated heterocycles. The summed E-state index contributed by atoms with van der Waals surface area (Å²) in [5.41, 5.74) is 3.49. The lowest BCUT2D eigenvalue weighted by Gasteiger charge is -2.22. The van der Waals surface area contributed by atoms with Crippen LogP contribution in [0.2, 0.25) is 0 Å². The number of pyridine rings is 1. The van der Waals surface area contributed by atoms with Gasteiger partial charge in [0.1, 0.15) is 6.04 Å². The number of aryl methyl sites for hydroxylation is 2. The van der Waals surface area contributed by atoms with Crippen LogP contribution in [0.5, 0.6) is 0 Å². The van der Waals surface area contributed by atoms with Crippen LogP contribution in [0.25, 0.3) is 11.4 Å². The van der Waals surface area contributed by atoms with E-state index in [0.717, 1.165) is 11.1 Å². The van der Waals surface area contributed by atoms with Crippen molar-refractivity contribution in [2.45, 2.75) is 26.3 Å². The van der Waals surface area contributed by atoms with E-state index in [1.165, 1.54) is 4.68 Å². The monoisotopic (exact) mass is 362 g/mol. The van der Waals surface area contributed by atoms with Crippen LogP contribution >= 0.6 is 0 Å². The molecule has 0 aliphatic carbocycles. The molecule has 0 saturated carbocycles. The van der Waals surface area contributed by atoms with Gasteiger partial charge in [-0.25, -0.2) is 4.68 Å². The molecule has 0 radical (unpaired) electrons. The Morgan fingerprint density at radius 2 is 2.15 bits per heavy atom. The summed E-state index contributed by atoms with van der Waals surface area (Å²) in [5, 5.41) is 9.99. The predicted octanol–water partition coefficient (Wildman–Crippen LogP) is 2.48. The fraction of sp³-hybridized carbons (Fsp3) is 0.211. The highest BCUT2D eigenvalue weighted by Gasteiger charge is 2.33. The zero-order chi connectivity index (χ0) is 19.0. The van der Waals surface area contributed by atoms with E-state index in [-0.39, 0.29) is 24.2 Å². The lowest BCUT2D eigenvalue weighted by molar-refractivity contribution is -0.125. The maximum absolute atomic E-state index is 12.9. The number of fused-ring (bicyclic) bond motifs is 1. The minimum Gasteiger partial charge on any atom is -0.324 e. The van der Waals surface area contributed by atoms with Crippen LogP contribution in [-0.4, -0.2) is 31.6 Å². The number of aromatic nitrogens is 4. The molecule has 1 aromatic carbocycles. The number of rotatable bonds is 3. The summed E-state index contributed by atoms with van der Waals surface area (Å²) in [5.74, 6) is 0.0876. The van der Waals surface area contributed by atoms with E-state index in [1.807, 2.05) is 38.1 Å². The Bertz CT molecular complexity index is 1030. The molecule has 2 N–H and O–H groups in total. The SMILES string of the molecule is Cc1ccc(NC(=O)[C@@H]2CC(=O)Nc3nc(-c4cccnc4)nn32)c(C)c1. The molecular formula is C19H18N6O2. The molecule has 0 bridgehead atoms. The molecule has 136 valence electrons. The van der Waals surface area contributed by atoms with Gasteiger partial charge >= 0.3 is 0 Å². The lowest BCUT2D eigenvalue weighted by atomic mass is 10.1. The number of carbonyl (C=O) groups excluding carboxylic acids is 2. The van der Waals surface area contributed by atoms with Gasteiger partial charge in [0.25, 0.3) is 0 Å². The van der Waals surface area contributed by atoms with Gasteiger partial charge in [-0.1, -0.05) is 17.7 Å². The summed E-state index contributed by atoms with van der Waals surface area (Å²) >= 11 is 0. The van der Waals surface area contributed by atoms with Gasteiger partial charge in [-0.2, -0.15) is 4.98 Å². The average molecular weight is 362 g/mol. The van der Waals surface area contributed by atoms with Crippen LogP contribution in [-0.2, 0) is 9.59 Å². The smallest absolute Gasteiger partial charge is 0.249 e. The van der Waals surface area contributed by atoms with Crippen LogP contribution in [0.3, 0.4) is 0 Å². The zero-order valence-electron chi connectivity index (χ0n) is 14.9. The molecule has 1 atom stereocenters. The quantitative estimate of drug-likeness (QED) is 0.745. The fourth-order valence-electron chi connectivity index (χ4n) is 3.05. The first-order valence-electron chi connectivity index (χ1n) is 8.56. The molecule has 27 heavy (non-hydrogen) atoms. The fourth-order valence-corrected chi connectivity index (χ4v) is 3.05. The Morgan fingerprint density at radius 3 is 2.89 bits per heavy atom. The Morgan fingerprint density at radius 1 is 1.30 bits per heavy atom. The first-order valence-corrected chi connectivity index (χ1v) is 8.56. The minimum atomic E-state index is -0.771. The maximum Gasteiger partial charge on any atom is 0.249 e. The normalized spacial score (nSPS) is 15.8. The number of benzene rings is 1. The van der Waals surface area contributed by atoms with Crippen LogP contribution < -0.4 is 10.6 Å². The van der Waals surface area contributed by atoms with Gasteiger partial charge in [-0.3, -0.25) is 19.9 Å². The van der Waals surface area contributed by atoms with Crippen molar-refractivity contribution in [1.82, 2.24) is 19.7 Å². The van der Waals surface area contributed by atoms with Crippen molar-refractivity contribution in [2.75, 3.05) is 10.6 Å². The third-order valence-corrected chi connectivity index (χ3v) is 4.42. The summed E-state index contributed by atoms with van der Waals surface area (Å²) in [7, 11) is 0. The Labute approximate surface area is 155 Å². The van der Waals surface area contributed by atoms with Gasteiger partial charge in [-0.15, -0.1) is 5.10 Å². The van der Waals surface area contributed by atoms with Gasteiger partial charge < -0.3 is 5.32 Å². The predicted molar refractivity (Wildman–Crippen MR) is 100 cm³/mol. The first-order chi connectivity index (χ1) is 13.0. The number of hydrogen-bond acceptors (Lipinski definition) is 5. The number of carbonyl (C=O) groups is 2. The van der Waals surface area contributed by atoms with E-state index in [4.69, 9.17) is 0 Å². The lowest BCUT2D eigenvalue weighted by Crippen LogP contribution is -2.36. The van der Waals surface area contributed by atoms with Crippen molar-refractivity contribution in [3.63, 3.8) is 0 Å². The molecule has 3 heterocycles. The first kappa shape index (κ1) is 16.9. The summed E-state index contributed by atoms with van der Waals surface area (Å²) in [6.07, 6.45) is 3.29. The van der Waals surface area contributed by atoms with Crippen molar-refractivity contribution >= 4 is 23.5 Å².